The van der Waals surface area contributed by atoms with Crippen molar-refractivity contribution >= 4 is 29.0 Å². The summed E-state index contributed by atoms with van der Waals surface area (Å²) in [5.41, 5.74) is 8.87. The molecule has 0 spiro atoms. The minimum atomic E-state index is -0.842. The maximum atomic E-state index is 13.0. The van der Waals surface area contributed by atoms with Crippen LogP contribution in [0.1, 0.15) is 23.1 Å². The van der Waals surface area contributed by atoms with E-state index in [0.29, 0.717) is 35.5 Å². The third-order valence-electron chi connectivity index (χ3n) is 4.65. The molecule has 0 saturated carbocycles. The van der Waals surface area contributed by atoms with Crippen LogP contribution < -0.4 is 10.6 Å². The molecule has 0 unspecified atom stereocenters. The van der Waals surface area contributed by atoms with Crippen LogP contribution in [-0.4, -0.2) is 36.5 Å². The van der Waals surface area contributed by atoms with E-state index in [1.165, 1.54) is 7.11 Å². The number of anilines is 1. The second-order valence-corrected chi connectivity index (χ2v) is 6.44. The number of aryl methyl sites for hydroxylation is 1. The van der Waals surface area contributed by atoms with Gasteiger partial charge in [-0.25, -0.2) is 0 Å². The smallest absolute Gasteiger partial charge is 0.303 e. The van der Waals surface area contributed by atoms with E-state index < -0.39 is 5.97 Å². The monoisotopic (exact) mass is 379 g/mol. The van der Waals surface area contributed by atoms with E-state index in [9.17, 15) is 9.59 Å². The van der Waals surface area contributed by atoms with Crippen LogP contribution in [-0.2, 0) is 20.7 Å². The number of rotatable bonds is 7. The molecule has 2 aromatic carbocycles. The molecule has 7 nitrogen and oxygen atoms in total. The van der Waals surface area contributed by atoms with Crippen LogP contribution in [0.2, 0.25) is 0 Å². The SMILES string of the molecule is COC1=C(c2ccc(CCC(=O)O)cc2)C(=O)N(c2ccc(C(=N)N)cc2)C1. The summed E-state index contributed by atoms with van der Waals surface area (Å²) >= 11 is 0. The molecule has 2 aromatic rings. The maximum Gasteiger partial charge on any atom is 0.303 e. The fraction of sp³-hybridized carbons (Fsp3) is 0.190. The third-order valence-corrected chi connectivity index (χ3v) is 4.65. The Kier molecular flexibility index (Phi) is 5.44. The quantitative estimate of drug-likeness (QED) is 0.504. The fourth-order valence-electron chi connectivity index (χ4n) is 3.12. The van der Waals surface area contributed by atoms with Crippen molar-refractivity contribution in [1.82, 2.24) is 0 Å². The lowest BCUT2D eigenvalue weighted by Crippen LogP contribution is -2.26. The highest BCUT2D eigenvalue weighted by Gasteiger charge is 2.33. The lowest BCUT2D eigenvalue weighted by molar-refractivity contribution is -0.137. The molecule has 1 amide bonds. The van der Waals surface area contributed by atoms with Crippen LogP contribution in [0, 0.1) is 5.41 Å². The summed E-state index contributed by atoms with van der Waals surface area (Å²) in [6.07, 6.45) is 0.503. The Morgan fingerprint density at radius 2 is 1.82 bits per heavy atom. The Labute approximate surface area is 162 Å². The van der Waals surface area contributed by atoms with E-state index in [1.807, 2.05) is 24.3 Å². The average molecular weight is 379 g/mol. The molecule has 0 saturated heterocycles. The van der Waals surface area contributed by atoms with E-state index in [1.54, 1.807) is 29.2 Å². The molecule has 1 aliphatic heterocycles. The van der Waals surface area contributed by atoms with Crippen LogP contribution in [0.15, 0.2) is 54.3 Å². The molecule has 1 aliphatic rings. The Hall–Kier alpha value is -3.61. The summed E-state index contributed by atoms with van der Waals surface area (Å²) in [5.74, 6) is -0.478. The molecule has 4 N–H and O–H groups in total. The van der Waals surface area contributed by atoms with Gasteiger partial charge in [-0.15, -0.1) is 0 Å². The molecule has 7 heteroatoms. The first-order chi connectivity index (χ1) is 13.4. The molecule has 0 aliphatic carbocycles. The molecule has 144 valence electrons. The van der Waals surface area contributed by atoms with Crippen molar-refractivity contribution in [1.29, 1.82) is 5.41 Å². The van der Waals surface area contributed by atoms with Gasteiger partial charge in [-0.2, -0.15) is 0 Å². The van der Waals surface area contributed by atoms with Gasteiger partial charge in [-0.1, -0.05) is 24.3 Å². The second kappa shape index (κ2) is 7.96. The van der Waals surface area contributed by atoms with Crippen LogP contribution >= 0.6 is 0 Å². The number of nitrogens with zero attached hydrogens (tertiary/aromatic N) is 1. The number of nitrogens with one attached hydrogen (secondary N) is 1. The molecular formula is C21H21N3O4. The molecule has 0 bridgehead atoms. The number of hydrogen-bond donors (Lipinski definition) is 3. The zero-order valence-electron chi connectivity index (χ0n) is 15.4. The minimum absolute atomic E-state index is 0.0290. The van der Waals surface area contributed by atoms with E-state index in [0.717, 1.165) is 11.1 Å². The fourth-order valence-corrected chi connectivity index (χ4v) is 3.12. The molecule has 3 rings (SSSR count). The number of benzene rings is 2. The predicted molar refractivity (Wildman–Crippen MR) is 106 cm³/mol. The molecule has 0 fully saturated rings. The highest BCUT2D eigenvalue weighted by atomic mass is 16.5. The van der Waals surface area contributed by atoms with Gasteiger partial charge in [0.25, 0.3) is 5.91 Å². The van der Waals surface area contributed by atoms with Gasteiger partial charge in [-0.05, 0) is 41.8 Å². The summed E-state index contributed by atoms with van der Waals surface area (Å²) in [6, 6.07) is 14.2. The number of nitrogen functional groups attached to an aromatic ring is 1. The van der Waals surface area contributed by atoms with Gasteiger partial charge in [0.15, 0.2) is 0 Å². The van der Waals surface area contributed by atoms with Crippen LogP contribution in [0.4, 0.5) is 5.69 Å². The topological polar surface area (TPSA) is 117 Å². The van der Waals surface area contributed by atoms with E-state index in [-0.39, 0.29) is 18.2 Å². The zero-order chi connectivity index (χ0) is 20.3. The number of aliphatic carboxylic acids is 1. The number of nitrogens with two attached hydrogens (primary N) is 1. The van der Waals surface area contributed by atoms with Crippen molar-refractivity contribution in [2.75, 3.05) is 18.6 Å². The van der Waals surface area contributed by atoms with Crippen molar-refractivity contribution in [3.63, 3.8) is 0 Å². The maximum absolute atomic E-state index is 13.0. The first-order valence-electron chi connectivity index (χ1n) is 8.75. The van der Waals surface area contributed by atoms with Crippen molar-refractivity contribution in [2.24, 2.45) is 5.73 Å². The summed E-state index contributed by atoms with van der Waals surface area (Å²) in [7, 11) is 1.53. The van der Waals surface area contributed by atoms with Crippen molar-refractivity contribution in [3.05, 3.63) is 71.0 Å². The zero-order valence-corrected chi connectivity index (χ0v) is 15.4. The van der Waals surface area contributed by atoms with Crippen LogP contribution in [0.5, 0.6) is 0 Å². The number of hydrogen-bond acceptors (Lipinski definition) is 4. The Morgan fingerprint density at radius 1 is 1.18 bits per heavy atom. The van der Waals surface area contributed by atoms with Gasteiger partial charge in [0.2, 0.25) is 0 Å². The highest BCUT2D eigenvalue weighted by molar-refractivity contribution is 6.29. The molecular weight excluding hydrogens is 358 g/mol. The third kappa shape index (κ3) is 3.88. The van der Waals surface area contributed by atoms with Gasteiger partial charge < -0.3 is 20.5 Å². The van der Waals surface area contributed by atoms with E-state index in [4.69, 9.17) is 21.0 Å². The Balaban J connectivity index is 1.83. The number of carboxylic acids is 1. The lowest BCUT2D eigenvalue weighted by Gasteiger charge is -2.17. The molecule has 0 aromatic heterocycles. The summed E-state index contributed by atoms with van der Waals surface area (Å²) in [6.45, 7) is 0.310. The van der Waals surface area contributed by atoms with E-state index in [2.05, 4.69) is 0 Å². The van der Waals surface area contributed by atoms with Crippen LogP contribution in [0.3, 0.4) is 0 Å². The van der Waals surface area contributed by atoms with Crippen molar-refractivity contribution in [3.8, 4) is 0 Å². The summed E-state index contributed by atoms with van der Waals surface area (Å²) in [4.78, 5) is 25.4. The first kappa shape index (κ1) is 19.2. The van der Waals surface area contributed by atoms with Crippen LogP contribution in [0.25, 0.3) is 5.57 Å². The van der Waals surface area contributed by atoms with Gasteiger partial charge in [0.05, 0.1) is 19.2 Å². The largest absolute Gasteiger partial charge is 0.498 e. The Morgan fingerprint density at radius 3 is 2.36 bits per heavy atom. The normalized spacial score (nSPS) is 13.8. The predicted octanol–water partition coefficient (Wildman–Crippen LogP) is 2.39. The van der Waals surface area contributed by atoms with Gasteiger partial charge in [0, 0.05) is 17.7 Å². The second-order valence-electron chi connectivity index (χ2n) is 6.44. The number of amides is 1. The van der Waals surface area contributed by atoms with E-state index >= 15 is 0 Å². The average Bonchev–Trinajstić information content (AvgIpc) is 3.03. The number of amidine groups is 1. The van der Waals surface area contributed by atoms with Gasteiger partial charge in [0.1, 0.15) is 11.6 Å². The Bertz CT molecular complexity index is 947. The molecule has 1 heterocycles. The molecule has 0 radical (unpaired) electrons. The number of ether oxygens (including phenoxy) is 1. The first-order valence-corrected chi connectivity index (χ1v) is 8.75. The van der Waals surface area contributed by atoms with Gasteiger partial charge in [-0.3, -0.25) is 15.0 Å². The number of carbonyl (C=O) groups excluding carboxylic acids is 1. The molecule has 0 atom stereocenters. The van der Waals surface area contributed by atoms with Crippen molar-refractivity contribution < 1.29 is 19.4 Å². The number of carboxylic acid groups (broad SMARTS) is 1. The standard InChI is InChI=1S/C21H21N3O4/c1-28-17-12-24(16-9-7-15(8-10-16)20(22)23)21(27)19(17)14-5-2-13(3-6-14)4-11-18(25)26/h2-3,5-10H,4,11-12H2,1H3,(H3,22,23)(H,25,26). The number of carbonyl (C=O) groups is 2. The summed E-state index contributed by atoms with van der Waals surface area (Å²) < 4.78 is 5.46. The number of methoxy groups -OCH3 is 1. The van der Waals surface area contributed by atoms with Crippen molar-refractivity contribution in [2.45, 2.75) is 12.8 Å². The van der Waals surface area contributed by atoms with Gasteiger partial charge >= 0.3 is 5.97 Å². The highest BCUT2D eigenvalue weighted by Crippen LogP contribution is 2.32. The summed E-state index contributed by atoms with van der Waals surface area (Å²) in [5, 5.41) is 16.3. The minimum Gasteiger partial charge on any atom is -0.498 e. The lowest BCUT2D eigenvalue weighted by atomic mass is 10.0. The molecule has 28 heavy (non-hydrogen) atoms.